The summed E-state index contributed by atoms with van der Waals surface area (Å²) < 4.78 is 0. The van der Waals surface area contributed by atoms with Gasteiger partial charge >= 0.3 is 0 Å². The molecule has 2 amide bonds. The molecular formula is C23H27N5O2. The summed E-state index contributed by atoms with van der Waals surface area (Å²) in [7, 11) is 0. The third kappa shape index (κ3) is 4.45. The van der Waals surface area contributed by atoms with Crippen LogP contribution in [0.3, 0.4) is 0 Å². The van der Waals surface area contributed by atoms with Crippen LogP contribution in [0.15, 0.2) is 59.7 Å². The van der Waals surface area contributed by atoms with Crippen molar-refractivity contribution in [1.29, 1.82) is 0 Å². The number of hydrogen-bond acceptors (Lipinski definition) is 5. The first kappa shape index (κ1) is 19.9. The van der Waals surface area contributed by atoms with Crippen molar-refractivity contribution in [3.8, 4) is 0 Å². The van der Waals surface area contributed by atoms with Gasteiger partial charge in [-0.2, -0.15) is 5.10 Å². The van der Waals surface area contributed by atoms with Crippen molar-refractivity contribution >= 4 is 34.6 Å². The Bertz CT molecular complexity index is 936. The molecule has 2 aliphatic rings. The highest BCUT2D eigenvalue weighted by atomic mass is 16.2. The number of amides is 2. The molecule has 1 atom stereocenters. The summed E-state index contributed by atoms with van der Waals surface area (Å²) in [6.07, 6.45) is 5.10. The van der Waals surface area contributed by atoms with E-state index in [1.54, 1.807) is 0 Å². The Morgan fingerprint density at radius 3 is 2.33 bits per heavy atom. The van der Waals surface area contributed by atoms with Crippen LogP contribution in [0.4, 0.5) is 17.1 Å². The fourth-order valence-corrected chi connectivity index (χ4v) is 4.00. The zero-order valence-corrected chi connectivity index (χ0v) is 17.0. The van der Waals surface area contributed by atoms with Crippen molar-refractivity contribution in [2.24, 2.45) is 10.8 Å². The van der Waals surface area contributed by atoms with Crippen LogP contribution in [0.25, 0.3) is 0 Å². The van der Waals surface area contributed by atoms with Gasteiger partial charge in [0.15, 0.2) is 0 Å². The Balaban J connectivity index is 1.49. The van der Waals surface area contributed by atoms with E-state index in [0.717, 1.165) is 30.2 Å². The largest absolute Gasteiger partial charge is 0.371 e. The normalized spacial score (nSPS) is 19.2. The van der Waals surface area contributed by atoms with Gasteiger partial charge in [-0.1, -0.05) is 37.1 Å². The number of primary amides is 1. The topological polar surface area (TPSA) is 91.0 Å². The second kappa shape index (κ2) is 8.98. The maximum absolute atomic E-state index is 12.9. The molecule has 1 fully saturated rings. The van der Waals surface area contributed by atoms with Crippen molar-refractivity contribution < 1.29 is 9.59 Å². The first-order chi connectivity index (χ1) is 14.6. The quantitative estimate of drug-likeness (QED) is 0.800. The van der Waals surface area contributed by atoms with Crippen LogP contribution in [0, 0.1) is 0 Å². The average molecular weight is 406 g/mol. The Labute approximate surface area is 176 Å². The van der Waals surface area contributed by atoms with E-state index in [9.17, 15) is 9.59 Å². The van der Waals surface area contributed by atoms with E-state index in [2.05, 4.69) is 21.4 Å². The van der Waals surface area contributed by atoms with Gasteiger partial charge in [0, 0.05) is 30.9 Å². The Morgan fingerprint density at radius 2 is 1.63 bits per heavy atom. The van der Waals surface area contributed by atoms with Crippen LogP contribution in [0.1, 0.15) is 32.1 Å². The average Bonchev–Trinajstić information content (AvgIpc) is 3.04. The number of benzene rings is 2. The zero-order valence-electron chi connectivity index (χ0n) is 17.0. The lowest BCUT2D eigenvalue weighted by Crippen LogP contribution is -2.39. The molecule has 0 aliphatic carbocycles. The Kier molecular flexibility index (Phi) is 5.97. The second-order valence-corrected chi connectivity index (χ2v) is 7.75. The van der Waals surface area contributed by atoms with E-state index < -0.39 is 11.9 Å². The minimum atomic E-state index is -0.670. The first-order valence-corrected chi connectivity index (χ1v) is 10.5. The van der Waals surface area contributed by atoms with E-state index in [4.69, 9.17) is 5.73 Å². The lowest BCUT2D eigenvalue weighted by Gasteiger charge is -2.23. The third-order valence-electron chi connectivity index (χ3n) is 5.60. The summed E-state index contributed by atoms with van der Waals surface area (Å²) in [5.74, 6) is -0.818. The highest BCUT2D eigenvalue weighted by Crippen LogP contribution is 2.26. The van der Waals surface area contributed by atoms with Crippen molar-refractivity contribution in [2.45, 2.75) is 38.1 Å². The van der Waals surface area contributed by atoms with Crippen LogP contribution in [0.5, 0.6) is 0 Å². The maximum atomic E-state index is 12.9. The number of rotatable bonds is 5. The highest BCUT2D eigenvalue weighted by Gasteiger charge is 2.35. The van der Waals surface area contributed by atoms with Crippen LogP contribution < -0.4 is 21.0 Å². The molecular weight excluding hydrogens is 378 g/mol. The van der Waals surface area contributed by atoms with Gasteiger partial charge in [0.05, 0.1) is 5.69 Å². The fourth-order valence-electron chi connectivity index (χ4n) is 4.00. The number of nitrogens with zero attached hydrogens (tertiary/aromatic N) is 3. The summed E-state index contributed by atoms with van der Waals surface area (Å²) in [6, 6.07) is 16.5. The van der Waals surface area contributed by atoms with Gasteiger partial charge in [-0.15, -0.1) is 0 Å². The first-order valence-electron chi connectivity index (χ1n) is 10.5. The number of carbonyl (C=O) groups excluding carboxylic acids is 2. The van der Waals surface area contributed by atoms with E-state index in [1.165, 1.54) is 30.7 Å². The molecule has 0 bridgehead atoms. The van der Waals surface area contributed by atoms with Crippen molar-refractivity contribution in [1.82, 2.24) is 0 Å². The van der Waals surface area contributed by atoms with Crippen LogP contribution in [0.2, 0.25) is 0 Å². The highest BCUT2D eigenvalue weighted by molar-refractivity contribution is 6.44. The van der Waals surface area contributed by atoms with E-state index in [0.29, 0.717) is 5.71 Å². The number of hydrogen-bond donors (Lipinski definition) is 2. The van der Waals surface area contributed by atoms with Crippen LogP contribution in [-0.2, 0) is 9.59 Å². The standard InChI is InChI=1S/C23H27N5O2/c24-22(29)21-16-20(26-28(21)18-10-4-3-5-11-18)23(30)25-17-9-8-12-19(15-17)27-13-6-1-2-7-14-27/h3-5,8-12,15,21H,1-2,6-7,13-14,16H2,(H2,24,29)(H,25,30)/t21-/m1/s1. The third-order valence-corrected chi connectivity index (χ3v) is 5.60. The number of anilines is 3. The molecule has 1 saturated heterocycles. The molecule has 0 saturated carbocycles. The van der Waals surface area contributed by atoms with Gasteiger partial charge in [-0.05, 0) is 43.2 Å². The van der Waals surface area contributed by atoms with E-state index >= 15 is 0 Å². The maximum Gasteiger partial charge on any atom is 0.271 e. The van der Waals surface area contributed by atoms with Gasteiger partial charge in [0.2, 0.25) is 5.91 Å². The predicted octanol–water partition coefficient (Wildman–Crippen LogP) is 3.13. The molecule has 0 radical (unpaired) electrons. The molecule has 2 heterocycles. The van der Waals surface area contributed by atoms with Crippen LogP contribution in [-0.4, -0.2) is 36.7 Å². The molecule has 2 aromatic rings. The fraction of sp³-hybridized carbons (Fsp3) is 0.348. The molecule has 7 nitrogen and oxygen atoms in total. The number of hydrazone groups is 1. The second-order valence-electron chi connectivity index (χ2n) is 7.75. The Morgan fingerprint density at radius 1 is 0.933 bits per heavy atom. The summed E-state index contributed by atoms with van der Waals surface area (Å²) in [5, 5.41) is 8.88. The molecule has 30 heavy (non-hydrogen) atoms. The molecule has 7 heteroatoms. The summed E-state index contributed by atoms with van der Waals surface area (Å²) in [4.78, 5) is 27.2. The summed E-state index contributed by atoms with van der Waals surface area (Å²) >= 11 is 0. The van der Waals surface area contributed by atoms with Gasteiger partial charge in [-0.25, -0.2) is 0 Å². The van der Waals surface area contributed by atoms with Gasteiger partial charge in [0.25, 0.3) is 5.91 Å². The number of carbonyl (C=O) groups is 2. The monoisotopic (exact) mass is 405 g/mol. The number of para-hydroxylation sites is 1. The van der Waals surface area contributed by atoms with Crippen molar-refractivity contribution in [2.75, 3.05) is 28.3 Å². The number of nitrogens with two attached hydrogens (primary N) is 1. The summed E-state index contributed by atoms with van der Waals surface area (Å²) in [6.45, 7) is 2.08. The van der Waals surface area contributed by atoms with Crippen LogP contribution >= 0.6 is 0 Å². The molecule has 0 spiro atoms. The molecule has 3 N–H and O–H groups in total. The minimum Gasteiger partial charge on any atom is -0.371 e. The van der Waals surface area contributed by atoms with E-state index in [1.807, 2.05) is 48.5 Å². The molecule has 0 unspecified atom stereocenters. The van der Waals surface area contributed by atoms with Crippen molar-refractivity contribution in [3.05, 3.63) is 54.6 Å². The molecule has 156 valence electrons. The van der Waals surface area contributed by atoms with Gasteiger partial charge < -0.3 is 16.0 Å². The zero-order chi connectivity index (χ0) is 20.9. The van der Waals surface area contributed by atoms with E-state index in [-0.39, 0.29) is 12.3 Å². The molecule has 4 rings (SSSR count). The smallest absolute Gasteiger partial charge is 0.271 e. The molecule has 2 aliphatic heterocycles. The van der Waals surface area contributed by atoms with Crippen molar-refractivity contribution in [3.63, 3.8) is 0 Å². The molecule has 0 aromatic heterocycles. The number of nitrogens with one attached hydrogen (secondary N) is 1. The Hall–Kier alpha value is -3.35. The lowest BCUT2D eigenvalue weighted by atomic mass is 10.1. The SMILES string of the molecule is NC(=O)[C@H]1CC(C(=O)Nc2cccc(N3CCCCCC3)c2)=NN1c1ccccc1. The minimum absolute atomic E-state index is 0.182. The predicted molar refractivity (Wildman–Crippen MR) is 120 cm³/mol. The van der Waals surface area contributed by atoms with Gasteiger partial charge in [0.1, 0.15) is 11.8 Å². The lowest BCUT2D eigenvalue weighted by molar-refractivity contribution is -0.119. The summed E-state index contributed by atoms with van der Waals surface area (Å²) in [5.41, 5.74) is 8.42. The molecule has 2 aromatic carbocycles. The van der Waals surface area contributed by atoms with Gasteiger partial charge in [-0.3, -0.25) is 14.6 Å².